The molecule has 90 valence electrons. The fourth-order valence-electron chi connectivity index (χ4n) is 1.76. The number of aromatic nitrogens is 3. The van der Waals surface area contributed by atoms with Crippen molar-refractivity contribution in [3.05, 3.63) is 42.5 Å². The predicted molar refractivity (Wildman–Crippen MR) is 67.1 cm³/mol. The second kappa shape index (κ2) is 4.03. The topological polar surface area (TPSA) is 60.2 Å². The van der Waals surface area contributed by atoms with Crippen molar-refractivity contribution in [2.24, 2.45) is 0 Å². The Morgan fingerprint density at radius 2 is 1.83 bits per heavy atom. The van der Waals surface area contributed by atoms with E-state index in [9.17, 15) is 5.11 Å². The van der Waals surface area contributed by atoms with Crippen LogP contribution in [0.2, 0.25) is 0 Å². The van der Waals surface area contributed by atoms with Crippen LogP contribution in [0.1, 0.15) is 0 Å². The maximum Gasteiger partial charge on any atom is 0.143 e. The molecule has 0 aliphatic rings. The molecule has 3 aromatic rings. The van der Waals surface area contributed by atoms with E-state index in [1.807, 2.05) is 18.2 Å². The Balaban J connectivity index is 2.17. The summed E-state index contributed by atoms with van der Waals surface area (Å²) in [7, 11) is 1.61. The number of aromatic hydroxyl groups is 1. The van der Waals surface area contributed by atoms with Gasteiger partial charge in [-0.05, 0) is 24.3 Å². The Bertz CT molecular complexity index is 706. The van der Waals surface area contributed by atoms with Gasteiger partial charge in [-0.15, -0.1) is 15.0 Å². The summed E-state index contributed by atoms with van der Waals surface area (Å²) in [6.07, 6.45) is 0. The Morgan fingerprint density at radius 1 is 1.06 bits per heavy atom. The highest BCUT2D eigenvalue weighted by molar-refractivity contribution is 5.75. The number of methoxy groups -OCH3 is 1. The van der Waals surface area contributed by atoms with Crippen LogP contribution >= 0.6 is 0 Å². The van der Waals surface area contributed by atoms with Crippen LogP contribution in [0.25, 0.3) is 16.7 Å². The standard InChI is InChI=1S/C13H11N3O2/c1-18-9-6-7-10-11(8-9)15-16(14-10)12-4-2-3-5-13(12)17/h2-8,17H,1H3. The van der Waals surface area contributed by atoms with Crippen LogP contribution in [-0.4, -0.2) is 27.2 Å². The van der Waals surface area contributed by atoms with Gasteiger partial charge in [0.2, 0.25) is 0 Å². The minimum Gasteiger partial charge on any atom is -0.506 e. The van der Waals surface area contributed by atoms with Gasteiger partial charge in [0.15, 0.2) is 0 Å². The molecular formula is C13H11N3O2. The summed E-state index contributed by atoms with van der Waals surface area (Å²) < 4.78 is 5.13. The smallest absolute Gasteiger partial charge is 0.143 e. The van der Waals surface area contributed by atoms with Crippen molar-refractivity contribution in [1.82, 2.24) is 15.0 Å². The second-order valence-corrected chi connectivity index (χ2v) is 3.83. The number of ether oxygens (including phenoxy) is 1. The van der Waals surface area contributed by atoms with Gasteiger partial charge in [-0.3, -0.25) is 0 Å². The lowest BCUT2D eigenvalue weighted by molar-refractivity contribution is 0.415. The van der Waals surface area contributed by atoms with Gasteiger partial charge in [-0.25, -0.2) is 0 Å². The summed E-state index contributed by atoms with van der Waals surface area (Å²) in [5.74, 6) is 0.872. The van der Waals surface area contributed by atoms with Crippen molar-refractivity contribution in [2.75, 3.05) is 7.11 Å². The number of hydrogen-bond acceptors (Lipinski definition) is 4. The van der Waals surface area contributed by atoms with E-state index < -0.39 is 0 Å². The summed E-state index contributed by atoms with van der Waals surface area (Å²) in [5.41, 5.74) is 2.02. The predicted octanol–water partition coefficient (Wildman–Crippen LogP) is 2.13. The molecule has 0 radical (unpaired) electrons. The van der Waals surface area contributed by atoms with Gasteiger partial charge in [0, 0.05) is 6.07 Å². The van der Waals surface area contributed by atoms with Crippen molar-refractivity contribution in [1.29, 1.82) is 0 Å². The number of nitrogens with zero attached hydrogens (tertiary/aromatic N) is 3. The largest absolute Gasteiger partial charge is 0.506 e. The Labute approximate surface area is 103 Å². The molecule has 0 fully saturated rings. The van der Waals surface area contributed by atoms with Crippen molar-refractivity contribution in [3.8, 4) is 17.2 Å². The molecule has 1 heterocycles. The fourth-order valence-corrected chi connectivity index (χ4v) is 1.76. The van der Waals surface area contributed by atoms with Crippen LogP contribution in [0.3, 0.4) is 0 Å². The van der Waals surface area contributed by atoms with Crippen molar-refractivity contribution < 1.29 is 9.84 Å². The van der Waals surface area contributed by atoms with E-state index in [4.69, 9.17) is 4.74 Å². The maximum atomic E-state index is 9.76. The number of phenolic OH excluding ortho intramolecular Hbond substituents is 1. The molecule has 3 rings (SSSR count). The zero-order valence-corrected chi connectivity index (χ0v) is 9.74. The van der Waals surface area contributed by atoms with Gasteiger partial charge < -0.3 is 9.84 Å². The number of benzene rings is 2. The summed E-state index contributed by atoms with van der Waals surface area (Å²) in [6.45, 7) is 0. The van der Waals surface area contributed by atoms with Gasteiger partial charge in [0.1, 0.15) is 28.2 Å². The van der Waals surface area contributed by atoms with E-state index in [0.717, 1.165) is 16.8 Å². The molecule has 0 saturated carbocycles. The third kappa shape index (κ3) is 1.66. The van der Waals surface area contributed by atoms with Crippen LogP contribution in [0.5, 0.6) is 11.5 Å². The molecule has 0 unspecified atom stereocenters. The van der Waals surface area contributed by atoms with E-state index in [1.54, 1.807) is 31.4 Å². The molecule has 5 nitrogen and oxygen atoms in total. The SMILES string of the molecule is COc1ccc2nn(-c3ccccc3O)nc2c1. The highest BCUT2D eigenvalue weighted by Gasteiger charge is 2.08. The Kier molecular flexibility index (Phi) is 2.37. The molecule has 0 amide bonds. The molecule has 2 aromatic carbocycles. The van der Waals surface area contributed by atoms with E-state index in [2.05, 4.69) is 10.2 Å². The summed E-state index contributed by atoms with van der Waals surface area (Å²) in [6, 6.07) is 12.4. The quantitative estimate of drug-likeness (QED) is 0.746. The first-order valence-corrected chi connectivity index (χ1v) is 5.47. The third-order valence-electron chi connectivity index (χ3n) is 2.68. The van der Waals surface area contributed by atoms with Crippen LogP contribution in [-0.2, 0) is 0 Å². The number of fused-ring (bicyclic) bond motifs is 1. The summed E-state index contributed by atoms with van der Waals surface area (Å²) in [5, 5.41) is 18.4. The van der Waals surface area contributed by atoms with Gasteiger partial charge in [0.05, 0.1) is 7.11 Å². The van der Waals surface area contributed by atoms with Gasteiger partial charge >= 0.3 is 0 Å². The van der Waals surface area contributed by atoms with Gasteiger partial charge in [0.25, 0.3) is 0 Å². The van der Waals surface area contributed by atoms with Gasteiger partial charge in [-0.1, -0.05) is 12.1 Å². The van der Waals surface area contributed by atoms with Crippen molar-refractivity contribution in [3.63, 3.8) is 0 Å². The lowest BCUT2D eigenvalue weighted by atomic mass is 10.3. The van der Waals surface area contributed by atoms with Crippen molar-refractivity contribution >= 4 is 11.0 Å². The number of phenols is 1. The van der Waals surface area contributed by atoms with Crippen LogP contribution in [0.15, 0.2) is 42.5 Å². The van der Waals surface area contributed by atoms with Crippen LogP contribution < -0.4 is 4.74 Å². The number of hydrogen-bond donors (Lipinski definition) is 1. The van der Waals surface area contributed by atoms with E-state index in [0.29, 0.717) is 5.69 Å². The average Bonchev–Trinajstić information content (AvgIpc) is 2.81. The lowest BCUT2D eigenvalue weighted by Crippen LogP contribution is -1.98. The zero-order valence-electron chi connectivity index (χ0n) is 9.74. The molecule has 0 spiro atoms. The lowest BCUT2D eigenvalue weighted by Gasteiger charge is -2.00. The molecule has 0 atom stereocenters. The monoisotopic (exact) mass is 241 g/mol. The van der Waals surface area contributed by atoms with Crippen molar-refractivity contribution in [2.45, 2.75) is 0 Å². The molecule has 18 heavy (non-hydrogen) atoms. The first-order valence-electron chi connectivity index (χ1n) is 5.47. The number of rotatable bonds is 2. The normalized spacial score (nSPS) is 10.7. The minimum absolute atomic E-state index is 0.143. The summed E-state index contributed by atoms with van der Waals surface area (Å²) in [4.78, 5) is 1.42. The first-order chi connectivity index (χ1) is 8.78. The molecule has 1 N–H and O–H groups in total. The zero-order chi connectivity index (χ0) is 12.5. The average molecular weight is 241 g/mol. The van der Waals surface area contributed by atoms with E-state index in [-0.39, 0.29) is 5.75 Å². The molecule has 0 aliphatic heterocycles. The fraction of sp³-hybridized carbons (Fsp3) is 0.0769. The third-order valence-corrected chi connectivity index (χ3v) is 2.68. The Hall–Kier alpha value is -2.56. The molecular weight excluding hydrogens is 230 g/mol. The van der Waals surface area contributed by atoms with E-state index >= 15 is 0 Å². The van der Waals surface area contributed by atoms with E-state index in [1.165, 1.54) is 4.80 Å². The van der Waals surface area contributed by atoms with Crippen LogP contribution in [0.4, 0.5) is 0 Å². The minimum atomic E-state index is 0.143. The highest BCUT2D eigenvalue weighted by Crippen LogP contribution is 2.22. The maximum absolute atomic E-state index is 9.76. The second-order valence-electron chi connectivity index (χ2n) is 3.83. The first kappa shape index (κ1) is 10.6. The highest BCUT2D eigenvalue weighted by atomic mass is 16.5. The molecule has 0 bridgehead atoms. The van der Waals surface area contributed by atoms with Gasteiger partial charge in [-0.2, -0.15) is 0 Å². The molecule has 0 aliphatic carbocycles. The molecule has 0 saturated heterocycles. The molecule has 5 heteroatoms. The number of para-hydroxylation sites is 2. The molecule has 1 aromatic heterocycles. The Morgan fingerprint density at radius 3 is 2.61 bits per heavy atom. The summed E-state index contributed by atoms with van der Waals surface area (Å²) >= 11 is 0. The van der Waals surface area contributed by atoms with Crippen LogP contribution in [0, 0.1) is 0 Å².